The minimum absolute atomic E-state index is 0.0154. The number of nitrogens with zero attached hydrogens (tertiary/aromatic N) is 1. The van der Waals surface area contributed by atoms with E-state index in [-0.39, 0.29) is 6.04 Å². The van der Waals surface area contributed by atoms with Gasteiger partial charge in [0.1, 0.15) is 0 Å². The number of halogens is 4. The zero-order valence-electron chi connectivity index (χ0n) is 9.92. The number of hydrogen-bond donors (Lipinski definition) is 1. The lowest BCUT2D eigenvalue weighted by atomic mass is 10.1. The molecule has 0 bridgehead atoms. The van der Waals surface area contributed by atoms with E-state index in [0.29, 0.717) is 15.2 Å². The van der Waals surface area contributed by atoms with E-state index < -0.39 is 0 Å². The molecule has 2 aromatic rings. The molecule has 1 atom stereocenters. The summed E-state index contributed by atoms with van der Waals surface area (Å²) in [5.74, 6) is 0. The third-order valence-corrected chi connectivity index (χ3v) is 3.90. The molecule has 100 valence electrons. The molecule has 2 nitrogen and oxygen atoms in total. The van der Waals surface area contributed by atoms with Gasteiger partial charge in [-0.3, -0.25) is 0 Å². The Bertz CT molecular complexity index is 604. The molecule has 1 unspecified atom stereocenters. The maximum absolute atomic E-state index is 6.18. The summed E-state index contributed by atoms with van der Waals surface area (Å²) < 4.78 is 0.855. The summed E-state index contributed by atoms with van der Waals surface area (Å²) in [5.41, 5.74) is 1.69. The average molecular weight is 381 g/mol. The van der Waals surface area contributed by atoms with Gasteiger partial charge >= 0.3 is 0 Å². The predicted molar refractivity (Wildman–Crippen MR) is 85.4 cm³/mol. The van der Waals surface area contributed by atoms with Crippen molar-refractivity contribution < 1.29 is 0 Å². The maximum atomic E-state index is 6.18. The van der Waals surface area contributed by atoms with E-state index in [1.165, 1.54) is 0 Å². The van der Waals surface area contributed by atoms with Crippen LogP contribution in [-0.2, 0) is 0 Å². The number of anilines is 1. The van der Waals surface area contributed by atoms with Crippen molar-refractivity contribution in [3.63, 3.8) is 0 Å². The number of nitrogens with one attached hydrogen (secondary N) is 1. The van der Waals surface area contributed by atoms with Crippen LogP contribution < -0.4 is 5.32 Å². The number of rotatable bonds is 3. The van der Waals surface area contributed by atoms with Crippen LogP contribution >= 0.6 is 50.7 Å². The summed E-state index contributed by atoms with van der Waals surface area (Å²) in [7, 11) is 0. The zero-order chi connectivity index (χ0) is 14.0. The molecule has 19 heavy (non-hydrogen) atoms. The molecule has 0 amide bonds. The molecule has 1 aromatic carbocycles. The maximum Gasteiger partial charge on any atom is 0.152 e. The fourth-order valence-electron chi connectivity index (χ4n) is 1.69. The molecule has 0 aliphatic rings. The summed E-state index contributed by atoms with van der Waals surface area (Å²) in [6.45, 7) is 1.99. The lowest BCUT2D eigenvalue weighted by Crippen LogP contribution is -2.08. The third-order valence-electron chi connectivity index (χ3n) is 2.61. The molecule has 1 N–H and O–H groups in total. The molecular weight excluding hydrogens is 370 g/mol. The summed E-state index contributed by atoms with van der Waals surface area (Å²) in [5, 5.41) is 4.92. The molecule has 1 aromatic heterocycles. The number of hydrogen-bond acceptors (Lipinski definition) is 2. The van der Waals surface area contributed by atoms with Crippen molar-refractivity contribution in [1.29, 1.82) is 0 Å². The van der Waals surface area contributed by atoms with Crippen LogP contribution in [0.2, 0.25) is 15.2 Å². The van der Waals surface area contributed by atoms with Gasteiger partial charge in [-0.05, 0) is 46.6 Å². The van der Waals surface area contributed by atoms with Gasteiger partial charge in [-0.25, -0.2) is 4.98 Å². The topological polar surface area (TPSA) is 24.9 Å². The van der Waals surface area contributed by atoms with Gasteiger partial charge in [0.05, 0.1) is 11.7 Å². The number of pyridine rings is 1. The highest BCUT2D eigenvalue weighted by molar-refractivity contribution is 9.10. The molecule has 0 spiro atoms. The molecule has 2 rings (SSSR count). The molecular formula is C13H10BrCl3N2. The standard InChI is InChI=1S/C13H10BrCl3N2/c1-7(10-3-2-9(15)5-11(10)16)19-12-4-8(14)6-18-13(12)17/h2-7,19H,1H3. The average Bonchev–Trinajstić information content (AvgIpc) is 2.33. The summed E-state index contributed by atoms with van der Waals surface area (Å²) in [4.78, 5) is 4.06. The van der Waals surface area contributed by atoms with Crippen LogP contribution in [0.15, 0.2) is 34.9 Å². The molecule has 0 fully saturated rings. The van der Waals surface area contributed by atoms with E-state index in [1.807, 2.05) is 25.1 Å². The van der Waals surface area contributed by atoms with Crippen LogP contribution in [0.3, 0.4) is 0 Å². The first-order chi connectivity index (χ1) is 8.97. The van der Waals surface area contributed by atoms with Crippen molar-refractivity contribution in [3.8, 4) is 0 Å². The SMILES string of the molecule is CC(Nc1cc(Br)cnc1Cl)c1ccc(Cl)cc1Cl. The van der Waals surface area contributed by atoms with Crippen LogP contribution in [0.1, 0.15) is 18.5 Å². The fourth-order valence-corrected chi connectivity index (χ4v) is 2.75. The Balaban J connectivity index is 2.25. The molecule has 0 aliphatic carbocycles. The van der Waals surface area contributed by atoms with Gasteiger partial charge in [-0.15, -0.1) is 0 Å². The lowest BCUT2D eigenvalue weighted by Gasteiger charge is -2.18. The smallest absolute Gasteiger partial charge is 0.152 e. The largest absolute Gasteiger partial charge is 0.376 e. The van der Waals surface area contributed by atoms with Crippen molar-refractivity contribution in [2.75, 3.05) is 5.32 Å². The van der Waals surface area contributed by atoms with Gasteiger partial charge < -0.3 is 5.32 Å². The second kappa shape index (κ2) is 6.31. The van der Waals surface area contributed by atoms with E-state index in [9.17, 15) is 0 Å². The van der Waals surface area contributed by atoms with Gasteiger partial charge in [-0.1, -0.05) is 40.9 Å². The monoisotopic (exact) mass is 378 g/mol. The van der Waals surface area contributed by atoms with E-state index in [1.54, 1.807) is 12.3 Å². The van der Waals surface area contributed by atoms with Crippen molar-refractivity contribution in [2.24, 2.45) is 0 Å². The Hall–Kier alpha value is -0.480. The molecule has 0 radical (unpaired) electrons. The number of benzene rings is 1. The Kier molecular flexibility index (Phi) is 4.96. The second-order valence-electron chi connectivity index (χ2n) is 4.02. The molecule has 6 heteroatoms. The van der Waals surface area contributed by atoms with Gasteiger partial charge in [0.2, 0.25) is 0 Å². The van der Waals surface area contributed by atoms with E-state index in [0.717, 1.165) is 15.7 Å². The van der Waals surface area contributed by atoms with E-state index >= 15 is 0 Å². The van der Waals surface area contributed by atoms with Gasteiger partial charge in [0, 0.05) is 20.7 Å². The highest BCUT2D eigenvalue weighted by Crippen LogP contribution is 2.31. The summed E-state index contributed by atoms with van der Waals surface area (Å²) >= 11 is 21.5. The quantitative estimate of drug-likeness (QED) is 0.663. The van der Waals surface area contributed by atoms with Crippen LogP contribution in [0, 0.1) is 0 Å². The normalized spacial score (nSPS) is 12.3. The molecule has 1 heterocycles. The Morgan fingerprint density at radius 3 is 2.63 bits per heavy atom. The minimum atomic E-state index is -0.0154. The first-order valence-corrected chi connectivity index (χ1v) is 7.42. The van der Waals surface area contributed by atoms with Crippen LogP contribution in [0.25, 0.3) is 0 Å². The molecule has 0 aliphatic heterocycles. The van der Waals surface area contributed by atoms with Crippen molar-refractivity contribution in [3.05, 3.63) is 55.7 Å². The Morgan fingerprint density at radius 2 is 1.95 bits per heavy atom. The summed E-state index contributed by atoms with van der Waals surface area (Å²) in [6, 6.07) is 7.27. The number of aromatic nitrogens is 1. The fraction of sp³-hybridized carbons (Fsp3) is 0.154. The van der Waals surface area contributed by atoms with Crippen molar-refractivity contribution >= 4 is 56.4 Å². The lowest BCUT2D eigenvalue weighted by molar-refractivity contribution is 0.883. The second-order valence-corrected chi connectivity index (χ2v) is 6.14. The minimum Gasteiger partial charge on any atom is -0.376 e. The van der Waals surface area contributed by atoms with Crippen molar-refractivity contribution in [2.45, 2.75) is 13.0 Å². The van der Waals surface area contributed by atoms with E-state index in [2.05, 4.69) is 26.2 Å². The Labute approximate surface area is 135 Å². The molecule has 0 saturated carbocycles. The van der Waals surface area contributed by atoms with Crippen LogP contribution in [0.5, 0.6) is 0 Å². The van der Waals surface area contributed by atoms with Crippen LogP contribution in [0.4, 0.5) is 5.69 Å². The van der Waals surface area contributed by atoms with Gasteiger partial charge in [-0.2, -0.15) is 0 Å². The highest BCUT2D eigenvalue weighted by Gasteiger charge is 2.12. The first-order valence-electron chi connectivity index (χ1n) is 5.50. The van der Waals surface area contributed by atoms with Crippen LogP contribution in [-0.4, -0.2) is 4.98 Å². The Morgan fingerprint density at radius 1 is 1.21 bits per heavy atom. The first kappa shape index (κ1) is 14.9. The van der Waals surface area contributed by atoms with Gasteiger partial charge in [0.15, 0.2) is 5.15 Å². The summed E-state index contributed by atoms with van der Waals surface area (Å²) in [6.07, 6.45) is 1.65. The third kappa shape index (κ3) is 3.76. The zero-order valence-corrected chi connectivity index (χ0v) is 13.8. The predicted octanol–water partition coefficient (Wildman–Crippen LogP) is 5.98. The highest BCUT2D eigenvalue weighted by atomic mass is 79.9. The van der Waals surface area contributed by atoms with Gasteiger partial charge in [0.25, 0.3) is 0 Å². The van der Waals surface area contributed by atoms with Crippen molar-refractivity contribution in [1.82, 2.24) is 4.98 Å². The molecule has 0 saturated heterocycles. The van der Waals surface area contributed by atoms with E-state index in [4.69, 9.17) is 34.8 Å².